The highest BCUT2D eigenvalue weighted by molar-refractivity contribution is 14.1. The Morgan fingerprint density at radius 1 is 1.18 bits per heavy atom. The molecule has 0 saturated heterocycles. The van der Waals surface area contributed by atoms with E-state index in [0.717, 1.165) is 8.04 Å². The summed E-state index contributed by atoms with van der Waals surface area (Å²) in [6.45, 7) is -0.290. The molecule has 0 aliphatic rings. The highest BCUT2D eigenvalue weighted by Gasteiger charge is 2.11. The minimum atomic E-state index is -0.505. The fraction of sp³-hybridized carbons (Fsp3) is 0.118. The summed E-state index contributed by atoms with van der Waals surface area (Å²) >= 11 is 16.3. The van der Waals surface area contributed by atoms with Gasteiger partial charge in [-0.15, -0.1) is 0 Å². The van der Waals surface area contributed by atoms with Gasteiger partial charge < -0.3 is 9.47 Å². The number of hydrogen-bond donors (Lipinski definition) is 3. The number of benzene rings is 2. The van der Waals surface area contributed by atoms with E-state index in [1.165, 1.54) is 0 Å². The van der Waals surface area contributed by atoms with Crippen molar-refractivity contribution >= 4 is 79.3 Å². The van der Waals surface area contributed by atoms with Gasteiger partial charge in [0.1, 0.15) is 11.5 Å². The van der Waals surface area contributed by atoms with E-state index in [4.69, 9.17) is 33.3 Å². The van der Waals surface area contributed by atoms with Gasteiger partial charge in [0.05, 0.1) is 15.7 Å². The Morgan fingerprint density at radius 3 is 2.54 bits per heavy atom. The van der Waals surface area contributed by atoms with Crippen LogP contribution < -0.4 is 25.6 Å². The van der Waals surface area contributed by atoms with Crippen molar-refractivity contribution in [3.05, 3.63) is 55.0 Å². The van der Waals surface area contributed by atoms with E-state index < -0.39 is 11.8 Å². The molecule has 0 heterocycles. The Labute approximate surface area is 193 Å². The van der Waals surface area contributed by atoms with Gasteiger partial charge in [-0.25, -0.2) is 0 Å². The van der Waals surface area contributed by atoms with Crippen LogP contribution in [0.4, 0.5) is 0 Å². The first kappa shape index (κ1) is 22.7. The van der Waals surface area contributed by atoms with Crippen LogP contribution in [0.5, 0.6) is 11.5 Å². The first-order valence-electron chi connectivity index (χ1n) is 7.61. The van der Waals surface area contributed by atoms with Crippen molar-refractivity contribution in [3.63, 3.8) is 0 Å². The fourth-order valence-corrected chi connectivity index (χ4v) is 3.52. The van der Waals surface area contributed by atoms with Crippen molar-refractivity contribution in [1.82, 2.24) is 16.2 Å². The molecule has 7 nitrogen and oxygen atoms in total. The maximum atomic E-state index is 12.2. The quantitative estimate of drug-likeness (QED) is 0.278. The zero-order chi connectivity index (χ0) is 20.7. The Kier molecular flexibility index (Phi) is 8.73. The standard InChI is InChI=1S/C17H14BrClIN3O4S/c1-26-14-4-2-9(6-12(14)20)16(25)21-17(28)23-22-15(24)8-27-13-5-3-10(18)7-11(13)19/h2-7H,8H2,1H3,(H,22,24)(H2,21,23,25,28). The molecule has 2 aromatic rings. The summed E-state index contributed by atoms with van der Waals surface area (Å²) in [5, 5.41) is 2.76. The predicted octanol–water partition coefficient (Wildman–Crippen LogP) is 3.43. The summed E-state index contributed by atoms with van der Waals surface area (Å²) in [6.07, 6.45) is 0. The monoisotopic (exact) mass is 597 g/mol. The number of rotatable bonds is 5. The van der Waals surface area contributed by atoms with Gasteiger partial charge in [0.2, 0.25) is 0 Å². The second-order valence-electron chi connectivity index (χ2n) is 5.17. The Hall–Kier alpha value is -1.63. The molecule has 148 valence electrons. The van der Waals surface area contributed by atoms with Gasteiger partial charge >= 0.3 is 0 Å². The molecular formula is C17H14BrClIN3O4S. The van der Waals surface area contributed by atoms with Gasteiger partial charge in [0, 0.05) is 10.0 Å². The number of carbonyl (C=O) groups is 2. The van der Waals surface area contributed by atoms with Crippen molar-refractivity contribution in [1.29, 1.82) is 0 Å². The van der Waals surface area contributed by atoms with Crippen LogP contribution in [0.3, 0.4) is 0 Å². The molecule has 28 heavy (non-hydrogen) atoms. The van der Waals surface area contributed by atoms with Gasteiger partial charge in [-0.3, -0.25) is 25.8 Å². The average molecular weight is 599 g/mol. The summed E-state index contributed by atoms with van der Waals surface area (Å²) in [7, 11) is 1.55. The number of hydrogen-bond acceptors (Lipinski definition) is 5. The molecule has 0 spiro atoms. The van der Waals surface area contributed by atoms with Crippen molar-refractivity contribution < 1.29 is 19.1 Å². The lowest BCUT2D eigenvalue weighted by molar-refractivity contribution is -0.123. The summed E-state index contributed by atoms with van der Waals surface area (Å²) < 4.78 is 12.0. The molecule has 0 aromatic heterocycles. The number of carbonyl (C=O) groups excluding carboxylic acids is 2. The zero-order valence-electron chi connectivity index (χ0n) is 14.3. The van der Waals surface area contributed by atoms with E-state index in [1.54, 1.807) is 43.5 Å². The van der Waals surface area contributed by atoms with Gasteiger partial charge in [-0.1, -0.05) is 27.5 Å². The third-order valence-electron chi connectivity index (χ3n) is 3.21. The topological polar surface area (TPSA) is 88.7 Å². The van der Waals surface area contributed by atoms with Gasteiger partial charge in [-0.2, -0.15) is 0 Å². The molecule has 0 atom stereocenters. The van der Waals surface area contributed by atoms with E-state index in [-0.39, 0.29) is 11.7 Å². The third-order valence-corrected chi connectivity index (χ3v) is 5.04. The molecule has 0 saturated carbocycles. The molecule has 2 rings (SSSR count). The molecule has 2 amide bonds. The van der Waals surface area contributed by atoms with Crippen LogP contribution in [0.1, 0.15) is 10.4 Å². The van der Waals surface area contributed by atoms with E-state index in [1.807, 2.05) is 0 Å². The van der Waals surface area contributed by atoms with Crippen LogP contribution in [0.2, 0.25) is 5.02 Å². The molecule has 0 aliphatic heterocycles. The number of amides is 2. The van der Waals surface area contributed by atoms with E-state index in [9.17, 15) is 9.59 Å². The lowest BCUT2D eigenvalue weighted by Crippen LogP contribution is -2.49. The van der Waals surface area contributed by atoms with Crippen LogP contribution in [0, 0.1) is 3.57 Å². The van der Waals surface area contributed by atoms with E-state index in [2.05, 4.69) is 54.7 Å². The van der Waals surface area contributed by atoms with Crippen LogP contribution >= 0.6 is 62.3 Å². The molecule has 0 radical (unpaired) electrons. The number of halogens is 3. The molecule has 0 aliphatic carbocycles. The summed E-state index contributed by atoms with van der Waals surface area (Å²) in [6, 6.07) is 9.97. The fourth-order valence-electron chi connectivity index (χ4n) is 1.91. The Morgan fingerprint density at radius 2 is 1.89 bits per heavy atom. The van der Waals surface area contributed by atoms with Crippen LogP contribution in [0.25, 0.3) is 0 Å². The maximum absolute atomic E-state index is 12.2. The second kappa shape index (κ2) is 10.8. The minimum Gasteiger partial charge on any atom is -0.496 e. The van der Waals surface area contributed by atoms with Crippen LogP contribution in [0.15, 0.2) is 40.9 Å². The largest absolute Gasteiger partial charge is 0.496 e. The number of hydrazine groups is 1. The summed E-state index contributed by atoms with van der Waals surface area (Å²) in [5.41, 5.74) is 5.16. The van der Waals surface area contributed by atoms with E-state index in [0.29, 0.717) is 22.1 Å². The lowest BCUT2D eigenvalue weighted by atomic mass is 10.2. The second-order valence-corrected chi connectivity index (χ2v) is 8.06. The minimum absolute atomic E-state index is 0.0640. The predicted molar refractivity (Wildman–Crippen MR) is 122 cm³/mol. The lowest BCUT2D eigenvalue weighted by Gasteiger charge is -2.12. The molecule has 11 heteroatoms. The highest BCUT2D eigenvalue weighted by atomic mass is 127. The van der Waals surface area contributed by atoms with Crippen molar-refractivity contribution in [2.24, 2.45) is 0 Å². The van der Waals surface area contributed by atoms with Crippen LogP contribution in [-0.4, -0.2) is 30.6 Å². The van der Waals surface area contributed by atoms with Crippen molar-refractivity contribution in [2.75, 3.05) is 13.7 Å². The maximum Gasteiger partial charge on any atom is 0.276 e. The Bertz CT molecular complexity index is 916. The molecule has 3 N–H and O–H groups in total. The average Bonchev–Trinajstić information content (AvgIpc) is 2.65. The first-order valence-corrected chi connectivity index (χ1v) is 10.3. The third kappa shape index (κ3) is 6.76. The molecule has 0 bridgehead atoms. The molecular weight excluding hydrogens is 585 g/mol. The molecule has 2 aromatic carbocycles. The van der Waals surface area contributed by atoms with Gasteiger partial charge in [0.15, 0.2) is 11.7 Å². The smallest absolute Gasteiger partial charge is 0.276 e. The first-order chi connectivity index (χ1) is 13.3. The summed E-state index contributed by atoms with van der Waals surface area (Å²) in [4.78, 5) is 24.0. The van der Waals surface area contributed by atoms with E-state index >= 15 is 0 Å². The van der Waals surface area contributed by atoms with Gasteiger partial charge in [-0.05, 0) is 71.2 Å². The SMILES string of the molecule is COc1ccc(C(=O)NC(=S)NNC(=O)COc2ccc(Br)cc2Cl)cc1I. The number of methoxy groups -OCH3 is 1. The van der Waals surface area contributed by atoms with Gasteiger partial charge in [0.25, 0.3) is 11.8 Å². The van der Waals surface area contributed by atoms with Crippen molar-refractivity contribution in [2.45, 2.75) is 0 Å². The van der Waals surface area contributed by atoms with Crippen molar-refractivity contribution in [3.8, 4) is 11.5 Å². The van der Waals surface area contributed by atoms with Crippen LogP contribution in [-0.2, 0) is 4.79 Å². The summed E-state index contributed by atoms with van der Waals surface area (Å²) in [5.74, 6) is 0.0980. The Balaban J connectivity index is 1.79. The number of nitrogens with one attached hydrogen (secondary N) is 3. The number of ether oxygens (including phenoxy) is 2. The zero-order valence-corrected chi connectivity index (χ0v) is 19.7. The molecule has 0 unspecified atom stereocenters. The number of thiocarbonyl (C=S) groups is 1. The molecule has 0 fully saturated rings. The normalized spacial score (nSPS) is 10.0. The highest BCUT2D eigenvalue weighted by Crippen LogP contribution is 2.27.